The van der Waals surface area contributed by atoms with Crippen molar-refractivity contribution >= 4 is 29.0 Å². The lowest BCUT2D eigenvalue weighted by Gasteiger charge is -2.34. The van der Waals surface area contributed by atoms with Crippen LogP contribution in [0.4, 0.5) is 11.5 Å². The summed E-state index contributed by atoms with van der Waals surface area (Å²) in [6.45, 7) is 11.0. The van der Waals surface area contributed by atoms with Crippen molar-refractivity contribution in [1.29, 1.82) is 0 Å². The number of aromatic nitrogens is 2. The Morgan fingerprint density at radius 1 is 1.15 bits per heavy atom. The highest BCUT2D eigenvalue weighted by molar-refractivity contribution is 6.34. The Balaban J connectivity index is 1.68. The van der Waals surface area contributed by atoms with Gasteiger partial charge in [-0.25, -0.2) is 9.97 Å². The summed E-state index contributed by atoms with van der Waals surface area (Å²) in [4.78, 5) is 25.8. The third-order valence-electron chi connectivity index (χ3n) is 4.68. The monoisotopic (exact) mass is 373 g/mol. The molecule has 1 N–H and O–H groups in total. The Morgan fingerprint density at radius 2 is 1.88 bits per heavy atom. The number of carbonyl (C=O) groups excluding carboxylic acids is 1. The van der Waals surface area contributed by atoms with Gasteiger partial charge in [0, 0.05) is 26.2 Å². The number of anilines is 2. The highest BCUT2D eigenvalue weighted by Gasteiger charge is 2.18. The van der Waals surface area contributed by atoms with Gasteiger partial charge in [-0.05, 0) is 37.6 Å². The van der Waals surface area contributed by atoms with Crippen LogP contribution in [0.1, 0.15) is 28.5 Å². The highest BCUT2D eigenvalue weighted by atomic mass is 35.5. The molecule has 1 aromatic carbocycles. The lowest BCUT2D eigenvalue weighted by Crippen LogP contribution is -2.46. The number of nitrogens with zero attached hydrogens (tertiary/aromatic N) is 4. The molecule has 2 aromatic rings. The number of halogens is 1. The summed E-state index contributed by atoms with van der Waals surface area (Å²) in [6, 6.07) is 3.81. The maximum atomic E-state index is 12.5. The number of aryl methyl sites for hydroxylation is 2. The van der Waals surface area contributed by atoms with Crippen LogP contribution in [0.3, 0.4) is 0 Å². The van der Waals surface area contributed by atoms with E-state index in [1.54, 1.807) is 6.20 Å². The van der Waals surface area contributed by atoms with Crippen molar-refractivity contribution < 1.29 is 4.79 Å². The Morgan fingerprint density at radius 3 is 2.46 bits per heavy atom. The van der Waals surface area contributed by atoms with Gasteiger partial charge in [-0.2, -0.15) is 0 Å². The molecule has 1 amide bonds. The molecule has 2 heterocycles. The van der Waals surface area contributed by atoms with E-state index in [9.17, 15) is 4.79 Å². The smallest absolute Gasteiger partial charge is 0.275 e. The summed E-state index contributed by atoms with van der Waals surface area (Å²) >= 11 is 6.26. The molecule has 1 aromatic heterocycles. The summed E-state index contributed by atoms with van der Waals surface area (Å²) in [5, 5.41) is 3.36. The standard InChI is InChI=1S/C19H24ClN5O/c1-4-24-5-7-25(8-6-24)17-12-21-16(11-22-17)19(26)23-18-14(3)9-13(2)10-15(18)20/h9-12H,4-8H2,1-3H3,(H,23,26). The van der Waals surface area contributed by atoms with Gasteiger partial charge in [0.15, 0.2) is 0 Å². The van der Waals surface area contributed by atoms with Gasteiger partial charge < -0.3 is 15.1 Å². The average Bonchev–Trinajstić information content (AvgIpc) is 2.64. The van der Waals surface area contributed by atoms with E-state index >= 15 is 0 Å². The van der Waals surface area contributed by atoms with Gasteiger partial charge >= 0.3 is 0 Å². The number of amides is 1. The van der Waals surface area contributed by atoms with E-state index < -0.39 is 0 Å². The molecular weight excluding hydrogens is 350 g/mol. The average molecular weight is 374 g/mol. The summed E-state index contributed by atoms with van der Waals surface area (Å²) in [5.41, 5.74) is 2.86. The second-order valence-corrected chi connectivity index (χ2v) is 6.98. The molecule has 1 aliphatic heterocycles. The predicted octanol–water partition coefficient (Wildman–Crippen LogP) is 3.14. The van der Waals surface area contributed by atoms with E-state index in [1.165, 1.54) is 6.20 Å². The van der Waals surface area contributed by atoms with Crippen LogP contribution in [-0.2, 0) is 0 Å². The molecule has 138 valence electrons. The molecule has 6 nitrogen and oxygen atoms in total. The Hall–Kier alpha value is -2.18. The first kappa shape index (κ1) is 18.6. The number of rotatable bonds is 4. The molecule has 0 aliphatic carbocycles. The van der Waals surface area contributed by atoms with Crippen LogP contribution in [0, 0.1) is 13.8 Å². The molecule has 7 heteroatoms. The molecule has 1 fully saturated rings. The van der Waals surface area contributed by atoms with Gasteiger partial charge in [0.05, 0.1) is 23.1 Å². The summed E-state index contributed by atoms with van der Waals surface area (Å²) < 4.78 is 0. The van der Waals surface area contributed by atoms with Crippen molar-refractivity contribution in [3.05, 3.63) is 46.4 Å². The molecule has 26 heavy (non-hydrogen) atoms. The number of likely N-dealkylation sites (N-methyl/N-ethyl adjacent to an activating group) is 1. The molecule has 0 bridgehead atoms. The number of carbonyl (C=O) groups is 1. The van der Waals surface area contributed by atoms with Gasteiger partial charge in [-0.3, -0.25) is 4.79 Å². The van der Waals surface area contributed by atoms with Crippen LogP contribution in [0.25, 0.3) is 0 Å². The fourth-order valence-electron chi connectivity index (χ4n) is 3.15. The minimum atomic E-state index is -0.311. The van der Waals surface area contributed by atoms with Gasteiger partial charge in [0.1, 0.15) is 11.5 Å². The van der Waals surface area contributed by atoms with Crippen molar-refractivity contribution in [2.24, 2.45) is 0 Å². The molecule has 0 atom stereocenters. The molecule has 1 aliphatic rings. The predicted molar refractivity (Wildman–Crippen MR) is 105 cm³/mol. The minimum absolute atomic E-state index is 0.275. The zero-order valence-corrected chi connectivity index (χ0v) is 16.2. The normalized spacial score (nSPS) is 15.2. The Labute approximate surface area is 159 Å². The molecule has 0 saturated carbocycles. The number of piperazine rings is 1. The van der Waals surface area contributed by atoms with Crippen LogP contribution in [0.15, 0.2) is 24.5 Å². The number of hydrogen-bond acceptors (Lipinski definition) is 5. The van der Waals surface area contributed by atoms with Gasteiger partial charge in [0.25, 0.3) is 5.91 Å². The van der Waals surface area contributed by atoms with Crippen LogP contribution >= 0.6 is 11.6 Å². The Bertz CT molecular complexity index is 762. The summed E-state index contributed by atoms with van der Waals surface area (Å²) in [5.74, 6) is 0.496. The van der Waals surface area contributed by atoms with E-state index in [4.69, 9.17) is 11.6 Å². The fraction of sp³-hybridized carbons (Fsp3) is 0.421. The number of benzene rings is 1. The van der Waals surface area contributed by atoms with E-state index in [0.717, 1.165) is 49.7 Å². The quantitative estimate of drug-likeness (QED) is 0.892. The summed E-state index contributed by atoms with van der Waals surface area (Å²) in [7, 11) is 0. The van der Waals surface area contributed by atoms with Gasteiger partial charge in [0.2, 0.25) is 0 Å². The van der Waals surface area contributed by atoms with E-state index in [1.807, 2.05) is 26.0 Å². The molecular formula is C19H24ClN5O. The van der Waals surface area contributed by atoms with Crippen molar-refractivity contribution in [2.45, 2.75) is 20.8 Å². The molecule has 0 unspecified atom stereocenters. The van der Waals surface area contributed by atoms with Crippen molar-refractivity contribution in [3.8, 4) is 0 Å². The molecule has 0 spiro atoms. The highest BCUT2D eigenvalue weighted by Crippen LogP contribution is 2.27. The van der Waals surface area contributed by atoms with Crippen molar-refractivity contribution in [1.82, 2.24) is 14.9 Å². The van der Waals surface area contributed by atoms with Crippen LogP contribution in [0.2, 0.25) is 5.02 Å². The molecule has 1 saturated heterocycles. The first-order valence-corrected chi connectivity index (χ1v) is 9.23. The molecule has 0 radical (unpaired) electrons. The maximum absolute atomic E-state index is 12.5. The van der Waals surface area contributed by atoms with E-state index in [0.29, 0.717) is 10.7 Å². The third kappa shape index (κ3) is 4.14. The van der Waals surface area contributed by atoms with Crippen LogP contribution in [-0.4, -0.2) is 53.5 Å². The summed E-state index contributed by atoms with van der Waals surface area (Å²) in [6.07, 6.45) is 3.19. The largest absolute Gasteiger partial charge is 0.353 e. The van der Waals surface area contributed by atoms with Crippen molar-refractivity contribution in [2.75, 3.05) is 42.9 Å². The van der Waals surface area contributed by atoms with Crippen LogP contribution < -0.4 is 10.2 Å². The first-order chi connectivity index (χ1) is 12.5. The number of nitrogens with one attached hydrogen (secondary N) is 1. The van der Waals surface area contributed by atoms with Crippen LogP contribution in [0.5, 0.6) is 0 Å². The fourth-order valence-corrected chi connectivity index (χ4v) is 3.51. The SMILES string of the molecule is CCN1CCN(c2cnc(C(=O)Nc3c(C)cc(C)cc3Cl)cn2)CC1. The Kier molecular flexibility index (Phi) is 5.74. The second-order valence-electron chi connectivity index (χ2n) is 6.57. The topological polar surface area (TPSA) is 61.4 Å². The minimum Gasteiger partial charge on any atom is -0.353 e. The van der Waals surface area contributed by atoms with Gasteiger partial charge in [-0.15, -0.1) is 0 Å². The first-order valence-electron chi connectivity index (χ1n) is 8.85. The lowest BCUT2D eigenvalue weighted by molar-refractivity contribution is 0.102. The molecule has 3 rings (SSSR count). The number of hydrogen-bond donors (Lipinski definition) is 1. The third-order valence-corrected chi connectivity index (χ3v) is 4.98. The second kappa shape index (κ2) is 8.01. The maximum Gasteiger partial charge on any atom is 0.275 e. The lowest BCUT2D eigenvalue weighted by atomic mass is 10.1. The van der Waals surface area contributed by atoms with E-state index in [-0.39, 0.29) is 11.6 Å². The zero-order chi connectivity index (χ0) is 18.7. The zero-order valence-electron chi connectivity index (χ0n) is 15.4. The van der Waals surface area contributed by atoms with Gasteiger partial charge in [-0.1, -0.05) is 24.6 Å². The van der Waals surface area contributed by atoms with E-state index in [2.05, 4.69) is 32.0 Å². The van der Waals surface area contributed by atoms with Crippen molar-refractivity contribution in [3.63, 3.8) is 0 Å².